The third-order valence-corrected chi connectivity index (χ3v) is 5.70. The fourth-order valence-corrected chi connectivity index (χ4v) is 4.11. The molecule has 0 spiro atoms. The average molecular weight is 458 g/mol. The number of H-pyrrole nitrogens is 1. The number of benzene rings is 2. The molecule has 0 saturated heterocycles. The predicted molar refractivity (Wildman–Crippen MR) is 113 cm³/mol. The van der Waals surface area contributed by atoms with Gasteiger partial charge < -0.3 is 19.6 Å². The zero-order valence-electron chi connectivity index (χ0n) is 17.3. The standard InChI is InChI=1S/C23H18F4N4O2/c1-12-21(30-17-6-5-14(24)8-16(17)22(12)32)19-11-31-10-18(28-9-20(31)29-19)13-3-2-4-15(7-13)33-23(25,26)27/h2-8,11,18,28H,9-10H2,1H3,(H,30,32). The van der Waals surface area contributed by atoms with Gasteiger partial charge in [0.05, 0.1) is 18.3 Å². The van der Waals surface area contributed by atoms with Crippen LogP contribution in [0.3, 0.4) is 0 Å². The number of nitrogens with one attached hydrogen (secondary N) is 2. The molecule has 4 aromatic rings. The molecule has 5 rings (SSSR count). The Labute approximate surface area is 184 Å². The summed E-state index contributed by atoms with van der Waals surface area (Å²) in [5.74, 6) is -0.0393. The lowest BCUT2D eigenvalue weighted by atomic mass is 10.1. The van der Waals surface area contributed by atoms with Gasteiger partial charge in [-0.1, -0.05) is 12.1 Å². The molecule has 1 aliphatic rings. The van der Waals surface area contributed by atoms with Crippen LogP contribution in [0.5, 0.6) is 5.75 Å². The molecule has 3 heterocycles. The Morgan fingerprint density at radius 1 is 1.18 bits per heavy atom. The summed E-state index contributed by atoms with van der Waals surface area (Å²) in [4.78, 5) is 20.6. The molecule has 0 aliphatic carbocycles. The van der Waals surface area contributed by atoms with Crippen molar-refractivity contribution >= 4 is 10.9 Å². The molecule has 1 atom stereocenters. The van der Waals surface area contributed by atoms with Crippen LogP contribution in [0.1, 0.15) is 23.0 Å². The Kier molecular flexibility index (Phi) is 4.97. The second kappa shape index (κ2) is 7.73. The van der Waals surface area contributed by atoms with E-state index in [-0.39, 0.29) is 22.6 Å². The van der Waals surface area contributed by atoms with E-state index in [4.69, 9.17) is 0 Å². The molecule has 170 valence electrons. The lowest BCUT2D eigenvalue weighted by molar-refractivity contribution is -0.274. The molecular formula is C23H18F4N4O2. The van der Waals surface area contributed by atoms with Crippen LogP contribution >= 0.6 is 0 Å². The fraction of sp³-hybridized carbons (Fsp3) is 0.217. The Hall–Kier alpha value is -3.66. The van der Waals surface area contributed by atoms with Crippen molar-refractivity contribution in [1.82, 2.24) is 19.9 Å². The van der Waals surface area contributed by atoms with Crippen LogP contribution in [0.15, 0.2) is 53.5 Å². The van der Waals surface area contributed by atoms with Crippen LogP contribution in [0.4, 0.5) is 17.6 Å². The first-order valence-electron chi connectivity index (χ1n) is 10.2. The van der Waals surface area contributed by atoms with Gasteiger partial charge in [-0.05, 0) is 42.8 Å². The number of alkyl halides is 3. The Bertz CT molecular complexity index is 1420. The number of hydrogen-bond donors (Lipinski definition) is 2. The number of hydrogen-bond acceptors (Lipinski definition) is 4. The first-order valence-corrected chi connectivity index (χ1v) is 10.2. The van der Waals surface area contributed by atoms with Gasteiger partial charge in [0.2, 0.25) is 0 Å². The van der Waals surface area contributed by atoms with E-state index >= 15 is 0 Å². The van der Waals surface area contributed by atoms with Gasteiger partial charge in [-0.2, -0.15) is 0 Å². The zero-order chi connectivity index (χ0) is 23.3. The summed E-state index contributed by atoms with van der Waals surface area (Å²) in [5, 5.41) is 3.54. The number of ether oxygens (including phenoxy) is 1. The molecule has 1 aliphatic heterocycles. The van der Waals surface area contributed by atoms with E-state index in [0.717, 1.165) is 5.82 Å². The van der Waals surface area contributed by atoms with E-state index in [9.17, 15) is 22.4 Å². The number of aromatic nitrogens is 3. The van der Waals surface area contributed by atoms with E-state index in [1.165, 1.54) is 36.4 Å². The SMILES string of the molecule is Cc1c(-c2cn3c(n2)CNC(c2cccc(OC(F)(F)F)c2)C3)[nH]c2ccc(F)cc2c1=O. The van der Waals surface area contributed by atoms with Crippen LogP contribution in [-0.4, -0.2) is 20.9 Å². The number of nitrogens with zero attached hydrogens (tertiary/aromatic N) is 2. The van der Waals surface area contributed by atoms with Crippen LogP contribution in [0.2, 0.25) is 0 Å². The predicted octanol–water partition coefficient (Wildman–Crippen LogP) is 4.58. The van der Waals surface area contributed by atoms with Crippen molar-refractivity contribution in [2.24, 2.45) is 0 Å². The molecule has 33 heavy (non-hydrogen) atoms. The normalized spacial score (nSPS) is 16.1. The summed E-state index contributed by atoms with van der Waals surface area (Å²) in [5.41, 5.74) is 2.40. The zero-order valence-corrected chi connectivity index (χ0v) is 17.3. The summed E-state index contributed by atoms with van der Waals surface area (Å²) in [7, 11) is 0. The smallest absolute Gasteiger partial charge is 0.406 e. The van der Waals surface area contributed by atoms with Crippen molar-refractivity contribution < 1.29 is 22.3 Å². The quantitative estimate of drug-likeness (QED) is 0.441. The Morgan fingerprint density at radius 3 is 2.79 bits per heavy atom. The van der Waals surface area contributed by atoms with Crippen molar-refractivity contribution in [3.8, 4) is 17.1 Å². The highest BCUT2D eigenvalue weighted by molar-refractivity contribution is 5.82. The number of halogens is 4. The van der Waals surface area contributed by atoms with Gasteiger partial charge >= 0.3 is 6.36 Å². The van der Waals surface area contributed by atoms with Gasteiger partial charge in [0.15, 0.2) is 5.43 Å². The van der Waals surface area contributed by atoms with Gasteiger partial charge in [-0.3, -0.25) is 4.79 Å². The van der Waals surface area contributed by atoms with Gasteiger partial charge in [-0.15, -0.1) is 13.2 Å². The highest BCUT2D eigenvalue weighted by Crippen LogP contribution is 2.29. The highest BCUT2D eigenvalue weighted by Gasteiger charge is 2.31. The largest absolute Gasteiger partial charge is 0.573 e. The van der Waals surface area contributed by atoms with Gasteiger partial charge in [-0.25, -0.2) is 9.37 Å². The first kappa shape index (κ1) is 21.2. The van der Waals surface area contributed by atoms with Crippen molar-refractivity contribution in [1.29, 1.82) is 0 Å². The number of aromatic amines is 1. The fourth-order valence-electron chi connectivity index (χ4n) is 4.11. The molecule has 2 aromatic heterocycles. The van der Waals surface area contributed by atoms with E-state index in [2.05, 4.69) is 20.0 Å². The van der Waals surface area contributed by atoms with Crippen molar-refractivity contribution in [3.05, 3.63) is 81.7 Å². The molecule has 0 saturated carbocycles. The number of imidazole rings is 1. The molecule has 2 N–H and O–H groups in total. The molecule has 0 bridgehead atoms. The van der Waals surface area contributed by atoms with E-state index in [1.807, 2.05) is 4.57 Å². The maximum atomic E-state index is 13.6. The molecular weight excluding hydrogens is 440 g/mol. The minimum Gasteiger partial charge on any atom is -0.406 e. The minimum absolute atomic E-state index is 0.254. The maximum Gasteiger partial charge on any atom is 0.573 e. The maximum absolute atomic E-state index is 13.6. The Balaban J connectivity index is 1.46. The van der Waals surface area contributed by atoms with Crippen LogP contribution in [0.25, 0.3) is 22.3 Å². The van der Waals surface area contributed by atoms with E-state index in [0.29, 0.717) is 41.1 Å². The van der Waals surface area contributed by atoms with E-state index < -0.39 is 12.2 Å². The molecule has 10 heteroatoms. The second-order valence-electron chi connectivity index (χ2n) is 7.89. The summed E-state index contributed by atoms with van der Waals surface area (Å²) >= 11 is 0. The van der Waals surface area contributed by atoms with Gasteiger partial charge in [0, 0.05) is 29.2 Å². The number of fused-ring (bicyclic) bond motifs is 2. The van der Waals surface area contributed by atoms with Crippen molar-refractivity contribution in [2.45, 2.75) is 32.4 Å². The third-order valence-electron chi connectivity index (χ3n) is 5.70. The average Bonchev–Trinajstić information content (AvgIpc) is 3.18. The topological polar surface area (TPSA) is 71.9 Å². The van der Waals surface area contributed by atoms with Crippen LogP contribution in [0, 0.1) is 12.7 Å². The van der Waals surface area contributed by atoms with Crippen LogP contribution < -0.4 is 15.5 Å². The summed E-state index contributed by atoms with van der Waals surface area (Å²) < 4.78 is 57.2. The molecule has 0 amide bonds. The lowest BCUT2D eigenvalue weighted by Gasteiger charge is -2.26. The van der Waals surface area contributed by atoms with Crippen LogP contribution in [-0.2, 0) is 13.1 Å². The first-order chi connectivity index (χ1) is 15.7. The van der Waals surface area contributed by atoms with E-state index in [1.54, 1.807) is 19.2 Å². The molecule has 2 aromatic carbocycles. The van der Waals surface area contributed by atoms with Crippen molar-refractivity contribution in [2.75, 3.05) is 0 Å². The molecule has 0 radical (unpaired) electrons. The molecule has 1 unspecified atom stereocenters. The molecule has 0 fully saturated rings. The summed E-state index contributed by atoms with van der Waals surface area (Å²) in [6, 6.07) is 9.60. The Morgan fingerprint density at radius 2 is 2.00 bits per heavy atom. The van der Waals surface area contributed by atoms with Gasteiger partial charge in [0.25, 0.3) is 0 Å². The lowest BCUT2D eigenvalue weighted by Crippen LogP contribution is -2.32. The molecule has 6 nitrogen and oxygen atoms in total. The van der Waals surface area contributed by atoms with Crippen molar-refractivity contribution in [3.63, 3.8) is 0 Å². The highest BCUT2D eigenvalue weighted by atomic mass is 19.4. The summed E-state index contributed by atoms with van der Waals surface area (Å²) in [6.07, 6.45) is -2.96. The number of rotatable bonds is 3. The minimum atomic E-state index is -4.76. The van der Waals surface area contributed by atoms with Gasteiger partial charge in [0.1, 0.15) is 23.1 Å². The summed E-state index contributed by atoms with van der Waals surface area (Å²) in [6.45, 7) is 2.47. The second-order valence-corrected chi connectivity index (χ2v) is 7.89. The number of pyridine rings is 1. The monoisotopic (exact) mass is 458 g/mol. The third kappa shape index (κ3) is 4.09.